The highest BCUT2D eigenvalue weighted by atomic mass is 32.1. The number of carbonyl (C=O) groups excluding carboxylic acids is 1. The first-order chi connectivity index (χ1) is 9.04. The van der Waals surface area contributed by atoms with Gasteiger partial charge in [0.05, 0.1) is 5.69 Å². The fourth-order valence-corrected chi connectivity index (χ4v) is 2.28. The lowest BCUT2D eigenvalue weighted by molar-refractivity contribution is -0.116. The quantitative estimate of drug-likeness (QED) is 0.901. The minimum absolute atomic E-state index is 0.0880. The van der Waals surface area contributed by atoms with Crippen molar-refractivity contribution in [3.05, 3.63) is 40.9 Å². The molecule has 0 fully saturated rings. The molecule has 0 saturated heterocycles. The van der Waals surface area contributed by atoms with Crippen molar-refractivity contribution in [3.8, 4) is 0 Å². The summed E-state index contributed by atoms with van der Waals surface area (Å²) in [5, 5.41) is 8.51. The van der Waals surface area contributed by atoms with Gasteiger partial charge in [-0.25, -0.2) is 4.98 Å². The van der Waals surface area contributed by atoms with Crippen LogP contribution in [0.25, 0.3) is 0 Å². The minimum atomic E-state index is -0.313. The lowest BCUT2D eigenvalue weighted by Gasteiger charge is -2.14. The number of hydrogen-bond acceptors (Lipinski definition) is 4. The van der Waals surface area contributed by atoms with E-state index < -0.39 is 0 Å². The standard InChI is InChI=1S/C14H17N3OS/c1-9-4-6-12(7-5-9)16-11(3)13(18)17-14-15-10(2)8-19-14/h4-8,11,16H,1-3H3,(H,15,17,18)/t11-/m1/s1. The average molecular weight is 275 g/mol. The van der Waals surface area contributed by atoms with Gasteiger partial charge in [-0.15, -0.1) is 11.3 Å². The van der Waals surface area contributed by atoms with Crippen LogP contribution in [0.2, 0.25) is 0 Å². The zero-order valence-electron chi connectivity index (χ0n) is 11.2. The molecule has 1 aromatic carbocycles. The Labute approximate surface area is 116 Å². The second-order valence-electron chi connectivity index (χ2n) is 4.52. The Balaban J connectivity index is 1.94. The smallest absolute Gasteiger partial charge is 0.248 e. The molecule has 0 bridgehead atoms. The summed E-state index contributed by atoms with van der Waals surface area (Å²) < 4.78 is 0. The van der Waals surface area contributed by atoms with Gasteiger partial charge in [0, 0.05) is 11.1 Å². The Hall–Kier alpha value is -1.88. The number of aromatic nitrogens is 1. The molecule has 1 atom stereocenters. The number of rotatable bonds is 4. The van der Waals surface area contributed by atoms with E-state index in [0.29, 0.717) is 5.13 Å². The Morgan fingerprint density at radius 1 is 1.26 bits per heavy atom. The number of anilines is 2. The summed E-state index contributed by atoms with van der Waals surface area (Å²) in [6.45, 7) is 5.76. The molecular formula is C14H17N3OS. The van der Waals surface area contributed by atoms with Crippen LogP contribution in [0.5, 0.6) is 0 Å². The molecule has 1 amide bonds. The topological polar surface area (TPSA) is 54.0 Å². The lowest BCUT2D eigenvalue weighted by atomic mass is 10.2. The monoisotopic (exact) mass is 275 g/mol. The first-order valence-electron chi connectivity index (χ1n) is 6.11. The maximum atomic E-state index is 12.0. The molecule has 0 aliphatic rings. The summed E-state index contributed by atoms with van der Waals surface area (Å²) in [6, 6.07) is 7.64. The highest BCUT2D eigenvalue weighted by Crippen LogP contribution is 2.15. The fraction of sp³-hybridized carbons (Fsp3) is 0.286. The van der Waals surface area contributed by atoms with E-state index in [0.717, 1.165) is 11.4 Å². The highest BCUT2D eigenvalue weighted by molar-refractivity contribution is 7.13. The second-order valence-corrected chi connectivity index (χ2v) is 5.37. The van der Waals surface area contributed by atoms with E-state index in [1.54, 1.807) is 0 Å². The normalized spacial score (nSPS) is 11.9. The van der Waals surface area contributed by atoms with Crippen LogP contribution < -0.4 is 10.6 Å². The molecule has 19 heavy (non-hydrogen) atoms. The SMILES string of the molecule is Cc1ccc(N[C@H](C)C(=O)Nc2nc(C)cs2)cc1. The van der Waals surface area contributed by atoms with Crippen LogP contribution in [0.3, 0.4) is 0 Å². The average Bonchev–Trinajstić information content (AvgIpc) is 2.77. The molecule has 0 unspecified atom stereocenters. The first kappa shape index (κ1) is 13.5. The van der Waals surface area contributed by atoms with Gasteiger partial charge in [-0.1, -0.05) is 17.7 Å². The van der Waals surface area contributed by atoms with Gasteiger partial charge in [0.2, 0.25) is 5.91 Å². The van der Waals surface area contributed by atoms with Crippen LogP contribution >= 0.6 is 11.3 Å². The molecule has 2 aromatic rings. The highest BCUT2D eigenvalue weighted by Gasteiger charge is 2.13. The van der Waals surface area contributed by atoms with Gasteiger partial charge < -0.3 is 10.6 Å². The number of thiazole rings is 1. The molecule has 0 aliphatic heterocycles. The fourth-order valence-electron chi connectivity index (χ4n) is 1.59. The van der Waals surface area contributed by atoms with Gasteiger partial charge in [-0.3, -0.25) is 4.79 Å². The van der Waals surface area contributed by atoms with Gasteiger partial charge in [0.15, 0.2) is 5.13 Å². The summed E-state index contributed by atoms with van der Waals surface area (Å²) in [5.41, 5.74) is 3.05. The Bertz CT molecular complexity index is 562. The first-order valence-corrected chi connectivity index (χ1v) is 6.99. The predicted molar refractivity (Wildman–Crippen MR) is 79.7 cm³/mol. The molecule has 0 aliphatic carbocycles. The van der Waals surface area contributed by atoms with E-state index in [2.05, 4.69) is 15.6 Å². The molecule has 0 saturated carbocycles. The number of hydrogen-bond donors (Lipinski definition) is 2. The van der Waals surface area contributed by atoms with E-state index in [-0.39, 0.29) is 11.9 Å². The third-order valence-corrected chi connectivity index (χ3v) is 3.55. The molecule has 0 spiro atoms. The number of benzene rings is 1. The van der Waals surface area contributed by atoms with Crippen LogP contribution in [0.4, 0.5) is 10.8 Å². The van der Waals surface area contributed by atoms with Crippen molar-refractivity contribution in [2.75, 3.05) is 10.6 Å². The predicted octanol–water partition coefficient (Wildman–Crippen LogP) is 3.20. The summed E-state index contributed by atoms with van der Waals surface area (Å²) in [5.74, 6) is -0.0880. The number of amides is 1. The van der Waals surface area contributed by atoms with Crippen molar-refractivity contribution in [2.24, 2.45) is 0 Å². The molecule has 1 heterocycles. The van der Waals surface area contributed by atoms with E-state index in [9.17, 15) is 4.79 Å². The molecular weight excluding hydrogens is 258 g/mol. The number of nitrogens with one attached hydrogen (secondary N) is 2. The summed E-state index contributed by atoms with van der Waals surface area (Å²) in [7, 11) is 0. The van der Waals surface area contributed by atoms with Crippen molar-refractivity contribution in [1.82, 2.24) is 4.98 Å². The molecule has 0 radical (unpaired) electrons. The molecule has 5 heteroatoms. The molecule has 2 N–H and O–H groups in total. The van der Waals surface area contributed by atoms with Crippen LogP contribution in [0, 0.1) is 13.8 Å². The van der Waals surface area contributed by atoms with Gasteiger partial charge in [-0.2, -0.15) is 0 Å². The maximum absolute atomic E-state index is 12.0. The summed E-state index contributed by atoms with van der Waals surface area (Å²) in [6.07, 6.45) is 0. The Morgan fingerprint density at radius 3 is 2.53 bits per heavy atom. The van der Waals surface area contributed by atoms with Crippen molar-refractivity contribution in [3.63, 3.8) is 0 Å². The van der Waals surface area contributed by atoms with Crippen LogP contribution in [-0.4, -0.2) is 16.9 Å². The molecule has 4 nitrogen and oxygen atoms in total. The van der Waals surface area contributed by atoms with Crippen molar-refractivity contribution in [1.29, 1.82) is 0 Å². The Kier molecular flexibility index (Phi) is 4.16. The minimum Gasteiger partial charge on any atom is -0.374 e. The van der Waals surface area contributed by atoms with E-state index >= 15 is 0 Å². The van der Waals surface area contributed by atoms with E-state index in [4.69, 9.17) is 0 Å². The van der Waals surface area contributed by atoms with Crippen molar-refractivity contribution < 1.29 is 4.79 Å². The molecule has 1 aromatic heterocycles. The second kappa shape index (κ2) is 5.84. The zero-order valence-corrected chi connectivity index (χ0v) is 12.0. The zero-order chi connectivity index (χ0) is 13.8. The van der Waals surface area contributed by atoms with Crippen LogP contribution in [-0.2, 0) is 4.79 Å². The third kappa shape index (κ3) is 3.79. The van der Waals surface area contributed by atoms with Crippen LogP contribution in [0.15, 0.2) is 29.6 Å². The van der Waals surface area contributed by atoms with E-state index in [1.165, 1.54) is 16.9 Å². The van der Waals surface area contributed by atoms with E-state index in [1.807, 2.05) is 50.4 Å². The third-order valence-electron chi connectivity index (χ3n) is 2.68. The summed E-state index contributed by atoms with van der Waals surface area (Å²) in [4.78, 5) is 16.2. The largest absolute Gasteiger partial charge is 0.374 e. The van der Waals surface area contributed by atoms with Gasteiger partial charge in [0.25, 0.3) is 0 Å². The maximum Gasteiger partial charge on any atom is 0.248 e. The van der Waals surface area contributed by atoms with Crippen molar-refractivity contribution in [2.45, 2.75) is 26.8 Å². The lowest BCUT2D eigenvalue weighted by Crippen LogP contribution is -2.31. The summed E-state index contributed by atoms with van der Waals surface area (Å²) >= 11 is 1.43. The number of carbonyl (C=O) groups is 1. The number of nitrogens with zero attached hydrogens (tertiary/aromatic N) is 1. The van der Waals surface area contributed by atoms with Gasteiger partial charge in [0.1, 0.15) is 6.04 Å². The molecule has 2 rings (SSSR count). The van der Waals surface area contributed by atoms with Crippen LogP contribution in [0.1, 0.15) is 18.2 Å². The Morgan fingerprint density at radius 2 is 1.95 bits per heavy atom. The van der Waals surface area contributed by atoms with Gasteiger partial charge in [-0.05, 0) is 32.9 Å². The van der Waals surface area contributed by atoms with Crippen molar-refractivity contribution >= 4 is 28.1 Å². The number of aryl methyl sites for hydroxylation is 2. The molecule has 100 valence electrons. The van der Waals surface area contributed by atoms with Gasteiger partial charge >= 0.3 is 0 Å².